The molecule has 0 amide bonds. The van der Waals surface area contributed by atoms with Crippen LogP contribution in [0.4, 0.5) is 11.4 Å². The van der Waals surface area contributed by atoms with Gasteiger partial charge < -0.3 is 10.6 Å². The van der Waals surface area contributed by atoms with Crippen molar-refractivity contribution in [3.8, 4) is 0 Å². The molecule has 0 fully saturated rings. The van der Waals surface area contributed by atoms with E-state index in [9.17, 15) is 0 Å². The molecule has 0 spiro atoms. The minimum Gasteiger partial charge on any atom is -0.399 e. The summed E-state index contributed by atoms with van der Waals surface area (Å²) in [6.07, 6.45) is 1.21. The monoisotopic (exact) mass is 388 g/mol. The topological polar surface area (TPSA) is 29.3 Å². The van der Waals surface area contributed by atoms with Crippen molar-refractivity contribution in [2.24, 2.45) is 0 Å². The highest BCUT2D eigenvalue weighted by Crippen LogP contribution is 2.23. The second-order valence-corrected chi connectivity index (χ2v) is 11.8. The van der Waals surface area contributed by atoms with Gasteiger partial charge >= 0.3 is 0 Å². The third-order valence-electron chi connectivity index (χ3n) is 5.78. The van der Waals surface area contributed by atoms with Gasteiger partial charge in [-0.15, -0.1) is 0 Å². The third-order valence-corrected chi connectivity index (χ3v) is 11.1. The van der Waals surface area contributed by atoms with Crippen LogP contribution >= 0.6 is 0 Å². The molecule has 3 heteroatoms. The predicted octanol–water partition coefficient (Wildman–Crippen LogP) is 4.77. The van der Waals surface area contributed by atoms with E-state index in [1.807, 2.05) is 12.1 Å². The molecule has 3 aromatic rings. The molecule has 0 aliphatic carbocycles. The Bertz CT molecular complexity index is 792. The van der Waals surface area contributed by atoms with E-state index in [2.05, 4.69) is 91.5 Å². The summed E-state index contributed by atoms with van der Waals surface area (Å²) in [6.45, 7) is 6.64. The van der Waals surface area contributed by atoms with Crippen molar-refractivity contribution in [1.82, 2.24) is 0 Å². The number of benzene rings is 3. The molecule has 0 aliphatic rings. The summed E-state index contributed by atoms with van der Waals surface area (Å²) in [5.41, 5.74) is 7.97. The van der Waals surface area contributed by atoms with Crippen LogP contribution in [-0.2, 0) is 0 Å². The molecule has 0 bridgehead atoms. The number of nitrogens with zero attached hydrogens (tertiary/aromatic N) is 1. The third kappa shape index (κ3) is 4.48. The Morgan fingerprint density at radius 1 is 0.714 bits per heavy atom. The summed E-state index contributed by atoms with van der Waals surface area (Å²) < 4.78 is 0. The zero-order valence-electron chi connectivity index (χ0n) is 17.1. The van der Waals surface area contributed by atoms with E-state index in [0.717, 1.165) is 18.8 Å². The number of anilines is 2. The van der Waals surface area contributed by atoms with Crippen LogP contribution in [0.1, 0.15) is 20.3 Å². The highest BCUT2D eigenvalue weighted by atomic mass is 28.3. The molecule has 0 heterocycles. The maximum absolute atomic E-state index is 5.89. The minimum absolute atomic E-state index is 0.822. The molecule has 0 atom stereocenters. The molecule has 0 radical (unpaired) electrons. The fourth-order valence-corrected chi connectivity index (χ4v) is 9.20. The van der Waals surface area contributed by atoms with Crippen LogP contribution < -0.4 is 21.0 Å². The van der Waals surface area contributed by atoms with Gasteiger partial charge in [-0.3, -0.25) is 0 Å². The Morgan fingerprint density at radius 3 is 1.71 bits per heavy atom. The van der Waals surface area contributed by atoms with Crippen LogP contribution in [0.5, 0.6) is 0 Å². The van der Waals surface area contributed by atoms with E-state index < -0.39 is 8.07 Å². The maximum Gasteiger partial charge on any atom is 0.119 e. The molecule has 2 nitrogen and oxygen atoms in total. The van der Waals surface area contributed by atoms with Crippen LogP contribution in [0.25, 0.3) is 0 Å². The van der Waals surface area contributed by atoms with Gasteiger partial charge in [0, 0.05) is 24.5 Å². The predicted molar refractivity (Wildman–Crippen MR) is 127 cm³/mol. The zero-order chi connectivity index (χ0) is 19.8. The molecular formula is C25H32N2Si. The lowest BCUT2D eigenvalue weighted by atomic mass is 10.2. The van der Waals surface area contributed by atoms with E-state index in [0.29, 0.717) is 0 Å². The SMILES string of the molecule is CCC[Si](CCN(CC)c1ccc(N)cc1)(c1ccccc1)c1ccccc1. The average Bonchev–Trinajstić information content (AvgIpc) is 2.76. The summed E-state index contributed by atoms with van der Waals surface area (Å²) in [7, 11) is -1.84. The van der Waals surface area contributed by atoms with Gasteiger partial charge in [0.25, 0.3) is 0 Å². The normalized spacial score (nSPS) is 11.4. The van der Waals surface area contributed by atoms with Gasteiger partial charge in [0.05, 0.1) is 0 Å². The zero-order valence-corrected chi connectivity index (χ0v) is 18.1. The summed E-state index contributed by atoms with van der Waals surface area (Å²) >= 11 is 0. The molecule has 0 aliphatic heterocycles. The summed E-state index contributed by atoms with van der Waals surface area (Å²) in [5, 5.41) is 3.10. The van der Waals surface area contributed by atoms with E-state index in [-0.39, 0.29) is 0 Å². The van der Waals surface area contributed by atoms with Crippen LogP contribution in [-0.4, -0.2) is 21.2 Å². The minimum atomic E-state index is -1.84. The van der Waals surface area contributed by atoms with E-state index >= 15 is 0 Å². The van der Waals surface area contributed by atoms with Crippen molar-refractivity contribution in [2.75, 3.05) is 23.7 Å². The van der Waals surface area contributed by atoms with Crippen molar-refractivity contribution >= 4 is 29.8 Å². The van der Waals surface area contributed by atoms with Crippen molar-refractivity contribution in [1.29, 1.82) is 0 Å². The lowest BCUT2D eigenvalue weighted by Crippen LogP contribution is -2.59. The van der Waals surface area contributed by atoms with Crippen LogP contribution in [0.15, 0.2) is 84.9 Å². The van der Waals surface area contributed by atoms with Gasteiger partial charge in [-0.2, -0.15) is 0 Å². The first-order chi connectivity index (χ1) is 13.7. The van der Waals surface area contributed by atoms with Gasteiger partial charge in [-0.05, 0) is 43.3 Å². The first-order valence-corrected chi connectivity index (χ1v) is 12.8. The molecule has 2 N–H and O–H groups in total. The number of hydrogen-bond acceptors (Lipinski definition) is 2. The Labute approximate surface area is 171 Å². The second-order valence-electron chi connectivity index (χ2n) is 7.49. The fourth-order valence-electron chi connectivity index (χ4n) is 4.29. The Kier molecular flexibility index (Phi) is 6.94. The van der Waals surface area contributed by atoms with E-state index in [1.54, 1.807) is 10.4 Å². The van der Waals surface area contributed by atoms with Gasteiger partial charge in [0.1, 0.15) is 8.07 Å². The Balaban J connectivity index is 1.95. The number of nitrogen functional groups attached to an aromatic ring is 1. The smallest absolute Gasteiger partial charge is 0.119 e. The Hall–Kier alpha value is -2.52. The lowest BCUT2D eigenvalue weighted by Gasteiger charge is -2.35. The molecule has 146 valence electrons. The maximum atomic E-state index is 5.89. The van der Waals surface area contributed by atoms with Gasteiger partial charge in [-0.25, -0.2) is 0 Å². The summed E-state index contributed by atoms with van der Waals surface area (Å²) in [6, 6.07) is 33.3. The molecule has 3 aromatic carbocycles. The largest absolute Gasteiger partial charge is 0.399 e. The molecule has 0 saturated carbocycles. The van der Waals surface area contributed by atoms with E-state index in [1.165, 1.54) is 24.2 Å². The molecule has 0 saturated heterocycles. The second kappa shape index (κ2) is 9.61. The quantitative estimate of drug-likeness (QED) is 0.423. The highest BCUT2D eigenvalue weighted by Gasteiger charge is 2.36. The molecule has 0 aromatic heterocycles. The molecule has 28 heavy (non-hydrogen) atoms. The van der Waals surface area contributed by atoms with Crippen LogP contribution in [0, 0.1) is 0 Å². The van der Waals surface area contributed by atoms with E-state index in [4.69, 9.17) is 5.73 Å². The van der Waals surface area contributed by atoms with Gasteiger partial charge in [0.2, 0.25) is 0 Å². The van der Waals surface area contributed by atoms with Crippen molar-refractivity contribution < 1.29 is 0 Å². The first-order valence-electron chi connectivity index (χ1n) is 10.4. The van der Waals surface area contributed by atoms with Gasteiger partial charge in [0.15, 0.2) is 0 Å². The fraction of sp³-hybridized carbons (Fsp3) is 0.280. The number of nitrogens with two attached hydrogens (primary N) is 1. The first kappa shape index (κ1) is 20.2. The molecule has 0 unspecified atom stereocenters. The van der Waals surface area contributed by atoms with Crippen LogP contribution in [0.3, 0.4) is 0 Å². The Morgan fingerprint density at radius 2 is 1.25 bits per heavy atom. The molecule has 3 rings (SSSR count). The summed E-state index contributed by atoms with van der Waals surface area (Å²) in [5.74, 6) is 0. The lowest BCUT2D eigenvalue weighted by molar-refractivity contribution is 0.854. The van der Waals surface area contributed by atoms with Crippen LogP contribution in [0.2, 0.25) is 12.1 Å². The summed E-state index contributed by atoms with van der Waals surface area (Å²) in [4.78, 5) is 2.49. The van der Waals surface area contributed by atoms with Crippen molar-refractivity contribution in [2.45, 2.75) is 32.4 Å². The average molecular weight is 389 g/mol. The highest BCUT2D eigenvalue weighted by molar-refractivity contribution is 7.02. The number of rotatable bonds is 9. The molecular weight excluding hydrogens is 356 g/mol. The standard InChI is InChI=1S/C25H32N2Si/c1-3-20-28(24-11-7-5-8-12-24,25-13-9-6-10-14-25)21-19-27(4-2)23-17-15-22(26)16-18-23/h5-18H,3-4,19-21,26H2,1-2H3. The van der Waals surface area contributed by atoms with Crippen molar-refractivity contribution in [3.63, 3.8) is 0 Å². The van der Waals surface area contributed by atoms with Crippen molar-refractivity contribution in [3.05, 3.63) is 84.9 Å². The number of hydrogen-bond donors (Lipinski definition) is 1. The van der Waals surface area contributed by atoms with Gasteiger partial charge in [-0.1, -0.05) is 84.4 Å².